The monoisotopic (exact) mass is 461 g/mol. The van der Waals surface area contributed by atoms with Crippen LogP contribution in [0, 0.1) is 17.2 Å². The Morgan fingerprint density at radius 2 is 2.06 bits per heavy atom. The first-order valence-corrected chi connectivity index (χ1v) is 11.3. The van der Waals surface area contributed by atoms with Crippen LogP contribution >= 0.6 is 0 Å². The van der Waals surface area contributed by atoms with E-state index in [1.807, 2.05) is 4.90 Å². The number of likely N-dealkylation sites (tertiary alicyclic amines) is 3. The Balaban J connectivity index is 1.24. The standard InChI is InChI=1S/C23H26F3N5O2/c1-12(13-3-2-4-15(5-13)23(24,25)26)30-17-8-20(22(30)33)29(10-17)11-18(28)21(32)31-16(9-27)6-14-7-19(14)31/h2-5,12,14,16-20H,6-8,10-11,28H2,1H3/t12-,14+,16-,17?,18-,19?,20+/m0/s1. The second-order valence-corrected chi connectivity index (χ2v) is 9.70. The molecule has 4 fully saturated rings. The summed E-state index contributed by atoms with van der Waals surface area (Å²) in [5.74, 6) is 0.0196. The zero-order chi connectivity index (χ0) is 23.7. The molecule has 2 amide bonds. The van der Waals surface area contributed by atoms with E-state index in [9.17, 15) is 28.0 Å². The van der Waals surface area contributed by atoms with Gasteiger partial charge in [-0.15, -0.1) is 0 Å². The zero-order valence-corrected chi connectivity index (χ0v) is 18.2. The molecule has 2 unspecified atom stereocenters. The van der Waals surface area contributed by atoms with E-state index in [1.54, 1.807) is 22.8 Å². The number of amides is 2. The van der Waals surface area contributed by atoms with Crippen molar-refractivity contribution >= 4 is 11.8 Å². The molecule has 0 radical (unpaired) electrons. The van der Waals surface area contributed by atoms with Crippen molar-refractivity contribution in [3.63, 3.8) is 0 Å². The summed E-state index contributed by atoms with van der Waals surface area (Å²) in [4.78, 5) is 31.3. The van der Waals surface area contributed by atoms with E-state index in [1.165, 1.54) is 6.07 Å². The smallest absolute Gasteiger partial charge is 0.330 e. The average molecular weight is 461 g/mol. The van der Waals surface area contributed by atoms with E-state index in [0.717, 1.165) is 18.6 Å². The molecule has 5 rings (SSSR count). The minimum absolute atomic E-state index is 0.119. The predicted octanol–water partition coefficient (Wildman–Crippen LogP) is 1.89. The van der Waals surface area contributed by atoms with Crippen LogP contribution in [0.3, 0.4) is 0 Å². The molecule has 1 aromatic rings. The summed E-state index contributed by atoms with van der Waals surface area (Å²) in [6.07, 6.45) is -2.25. The minimum Gasteiger partial charge on any atom is -0.330 e. The fourth-order valence-corrected chi connectivity index (χ4v) is 5.95. The SMILES string of the molecule is C[C@@H](c1cccc(C(F)(F)F)c1)N1C(=O)[C@H]2CC1CN2C[C@H](N)C(=O)N1C2C[C@H]2C[C@H]1C#N. The van der Waals surface area contributed by atoms with Crippen LogP contribution in [0.15, 0.2) is 24.3 Å². The molecule has 1 aliphatic carbocycles. The Morgan fingerprint density at radius 1 is 1.30 bits per heavy atom. The van der Waals surface area contributed by atoms with Crippen molar-refractivity contribution in [2.75, 3.05) is 13.1 Å². The van der Waals surface area contributed by atoms with Crippen LogP contribution in [-0.2, 0) is 15.8 Å². The fourth-order valence-electron chi connectivity index (χ4n) is 5.95. The number of fused-ring (bicyclic) bond motifs is 3. The first kappa shape index (κ1) is 22.2. The zero-order valence-electron chi connectivity index (χ0n) is 18.2. The highest BCUT2D eigenvalue weighted by molar-refractivity contribution is 5.87. The molecule has 2 N–H and O–H groups in total. The van der Waals surface area contributed by atoms with Gasteiger partial charge in [-0.25, -0.2) is 0 Å². The second kappa shape index (κ2) is 7.71. The molecular formula is C23H26F3N5O2. The van der Waals surface area contributed by atoms with E-state index in [-0.39, 0.29) is 30.4 Å². The molecule has 3 heterocycles. The first-order chi connectivity index (χ1) is 15.6. The molecule has 10 heteroatoms. The van der Waals surface area contributed by atoms with Crippen LogP contribution < -0.4 is 5.73 Å². The molecule has 0 spiro atoms. The van der Waals surface area contributed by atoms with Gasteiger partial charge in [0.1, 0.15) is 6.04 Å². The number of hydrogen-bond donors (Lipinski definition) is 1. The Morgan fingerprint density at radius 3 is 2.73 bits per heavy atom. The number of nitrogens with zero attached hydrogens (tertiary/aromatic N) is 4. The third-order valence-electron chi connectivity index (χ3n) is 7.68. The van der Waals surface area contributed by atoms with Gasteiger partial charge in [0, 0.05) is 25.2 Å². The maximum Gasteiger partial charge on any atom is 0.416 e. The molecule has 7 atom stereocenters. The molecule has 7 nitrogen and oxygen atoms in total. The van der Waals surface area contributed by atoms with E-state index < -0.39 is 35.9 Å². The predicted molar refractivity (Wildman–Crippen MR) is 111 cm³/mol. The summed E-state index contributed by atoms with van der Waals surface area (Å²) in [6, 6.07) is 5.11. The lowest BCUT2D eigenvalue weighted by molar-refractivity contribution is -0.141. The molecule has 33 heavy (non-hydrogen) atoms. The van der Waals surface area contributed by atoms with Gasteiger partial charge in [0.15, 0.2) is 0 Å². The van der Waals surface area contributed by atoms with Gasteiger partial charge in [-0.2, -0.15) is 18.4 Å². The van der Waals surface area contributed by atoms with Gasteiger partial charge in [0.25, 0.3) is 0 Å². The van der Waals surface area contributed by atoms with Crippen molar-refractivity contribution in [3.05, 3.63) is 35.4 Å². The normalized spacial score (nSPS) is 32.6. The molecule has 3 aliphatic heterocycles. The minimum atomic E-state index is -4.44. The third-order valence-corrected chi connectivity index (χ3v) is 7.68. The molecule has 176 valence electrons. The lowest BCUT2D eigenvalue weighted by Gasteiger charge is -2.38. The van der Waals surface area contributed by atoms with Gasteiger partial charge in [-0.1, -0.05) is 12.1 Å². The van der Waals surface area contributed by atoms with Crippen LogP contribution in [0.25, 0.3) is 0 Å². The summed E-state index contributed by atoms with van der Waals surface area (Å²) in [5.41, 5.74) is 5.93. The second-order valence-electron chi connectivity index (χ2n) is 9.70. The number of nitrogens with two attached hydrogens (primary N) is 1. The summed E-state index contributed by atoms with van der Waals surface area (Å²) < 4.78 is 39.3. The number of alkyl halides is 3. The highest BCUT2D eigenvalue weighted by Gasteiger charge is 2.56. The van der Waals surface area contributed by atoms with Gasteiger partial charge in [0.05, 0.1) is 29.8 Å². The molecule has 1 saturated carbocycles. The Hall–Kier alpha value is -2.64. The van der Waals surface area contributed by atoms with Crippen LogP contribution in [0.4, 0.5) is 13.2 Å². The molecule has 1 aromatic carbocycles. The van der Waals surface area contributed by atoms with E-state index >= 15 is 0 Å². The number of benzene rings is 1. The van der Waals surface area contributed by atoms with Crippen molar-refractivity contribution < 1.29 is 22.8 Å². The highest BCUT2D eigenvalue weighted by atomic mass is 19.4. The summed E-state index contributed by atoms with van der Waals surface area (Å²) >= 11 is 0. The number of rotatable bonds is 5. The van der Waals surface area contributed by atoms with Crippen LogP contribution in [0.2, 0.25) is 0 Å². The number of halogens is 3. The Bertz CT molecular complexity index is 1020. The van der Waals surface area contributed by atoms with Gasteiger partial charge in [0.2, 0.25) is 11.8 Å². The van der Waals surface area contributed by atoms with E-state index in [4.69, 9.17) is 5.73 Å². The number of carbonyl (C=O) groups excluding carboxylic acids is 2. The van der Waals surface area contributed by atoms with Gasteiger partial charge in [-0.3, -0.25) is 14.5 Å². The van der Waals surface area contributed by atoms with Crippen molar-refractivity contribution in [2.45, 2.75) is 68.6 Å². The fraction of sp³-hybridized carbons (Fsp3) is 0.609. The van der Waals surface area contributed by atoms with Gasteiger partial charge >= 0.3 is 6.18 Å². The number of carbonyl (C=O) groups is 2. The van der Waals surface area contributed by atoms with Crippen molar-refractivity contribution in [3.8, 4) is 6.07 Å². The van der Waals surface area contributed by atoms with Gasteiger partial charge < -0.3 is 15.5 Å². The number of piperidine rings is 1. The third kappa shape index (κ3) is 3.67. The largest absolute Gasteiger partial charge is 0.416 e. The molecule has 4 aliphatic rings. The van der Waals surface area contributed by atoms with E-state index in [0.29, 0.717) is 30.9 Å². The van der Waals surface area contributed by atoms with Crippen LogP contribution in [0.1, 0.15) is 43.4 Å². The first-order valence-electron chi connectivity index (χ1n) is 11.3. The molecule has 3 saturated heterocycles. The van der Waals surface area contributed by atoms with Crippen molar-refractivity contribution in [1.29, 1.82) is 5.26 Å². The van der Waals surface area contributed by atoms with Crippen molar-refractivity contribution in [1.82, 2.24) is 14.7 Å². The Labute approximate surface area is 189 Å². The van der Waals surface area contributed by atoms with Crippen LogP contribution in [-0.4, -0.2) is 69.8 Å². The lowest BCUT2D eigenvalue weighted by atomic mass is 10.0. The summed E-state index contributed by atoms with van der Waals surface area (Å²) in [6.45, 7) is 2.49. The maximum absolute atomic E-state index is 13.1. The van der Waals surface area contributed by atoms with E-state index in [2.05, 4.69) is 6.07 Å². The number of hydrogen-bond acceptors (Lipinski definition) is 5. The summed E-state index contributed by atoms with van der Waals surface area (Å²) in [5, 5.41) is 9.34. The molecule has 2 bridgehead atoms. The quantitative estimate of drug-likeness (QED) is 0.723. The van der Waals surface area contributed by atoms with Crippen LogP contribution in [0.5, 0.6) is 0 Å². The number of piperazine rings is 1. The molecule has 0 aromatic heterocycles. The topological polar surface area (TPSA) is 93.7 Å². The lowest BCUT2D eigenvalue weighted by Crippen LogP contribution is -2.57. The molecular weight excluding hydrogens is 435 g/mol. The summed E-state index contributed by atoms with van der Waals surface area (Å²) in [7, 11) is 0. The van der Waals surface area contributed by atoms with Gasteiger partial charge in [-0.05, 0) is 49.8 Å². The highest BCUT2D eigenvalue weighted by Crippen LogP contribution is 2.48. The Kier molecular flexibility index (Phi) is 5.18. The number of nitriles is 1. The maximum atomic E-state index is 13.1. The van der Waals surface area contributed by atoms with Crippen molar-refractivity contribution in [2.24, 2.45) is 11.7 Å². The average Bonchev–Trinajstić information content (AvgIpc) is 3.11.